The van der Waals surface area contributed by atoms with Gasteiger partial charge >= 0.3 is 5.97 Å². The van der Waals surface area contributed by atoms with E-state index in [1.807, 2.05) is 0 Å². The summed E-state index contributed by atoms with van der Waals surface area (Å²) in [5.41, 5.74) is 5.67. The lowest BCUT2D eigenvalue weighted by atomic mass is 10.2. The lowest BCUT2D eigenvalue weighted by molar-refractivity contribution is 0.0457. The van der Waals surface area contributed by atoms with Crippen LogP contribution in [0.15, 0.2) is 24.5 Å². The second kappa shape index (κ2) is 4.82. The summed E-state index contributed by atoms with van der Waals surface area (Å²) in [4.78, 5) is 15.5. The Morgan fingerprint density at radius 1 is 1.50 bits per heavy atom. The van der Waals surface area contributed by atoms with Gasteiger partial charge in [0.15, 0.2) is 12.4 Å². The first-order valence-corrected chi connectivity index (χ1v) is 5.12. The summed E-state index contributed by atoms with van der Waals surface area (Å²) in [7, 11) is 1.68. The van der Waals surface area contributed by atoms with Gasteiger partial charge in [-0.25, -0.2) is 14.2 Å². The van der Waals surface area contributed by atoms with Crippen molar-refractivity contribution in [3.63, 3.8) is 0 Å². The molecular formula is C11H11FN4O2. The van der Waals surface area contributed by atoms with Crippen molar-refractivity contribution < 1.29 is 13.9 Å². The van der Waals surface area contributed by atoms with E-state index < -0.39 is 11.8 Å². The highest BCUT2D eigenvalue weighted by Gasteiger charge is 2.11. The predicted molar refractivity (Wildman–Crippen MR) is 60.9 cm³/mol. The molecule has 0 aliphatic heterocycles. The SMILES string of the molecule is Cn1ncnc1COC(=O)c1cc(N)cc(F)c1. The Balaban J connectivity index is 2.06. The van der Waals surface area contributed by atoms with Crippen LogP contribution in [-0.2, 0) is 18.4 Å². The van der Waals surface area contributed by atoms with Crippen LogP contribution in [0.4, 0.5) is 10.1 Å². The Kier molecular flexibility index (Phi) is 3.22. The zero-order valence-electron chi connectivity index (χ0n) is 9.63. The third kappa shape index (κ3) is 2.62. The maximum atomic E-state index is 13.1. The lowest BCUT2D eigenvalue weighted by Crippen LogP contribution is -2.09. The van der Waals surface area contributed by atoms with Gasteiger partial charge in [-0.2, -0.15) is 5.10 Å². The number of carbonyl (C=O) groups is 1. The van der Waals surface area contributed by atoms with Crippen molar-refractivity contribution in [2.45, 2.75) is 6.61 Å². The summed E-state index contributed by atoms with van der Waals surface area (Å²) in [6, 6.07) is 3.54. The number of rotatable bonds is 3. The Labute approximate surface area is 102 Å². The molecule has 94 valence electrons. The molecule has 0 atom stereocenters. The van der Waals surface area contributed by atoms with Gasteiger partial charge in [-0.05, 0) is 18.2 Å². The van der Waals surface area contributed by atoms with Gasteiger partial charge < -0.3 is 10.5 Å². The van der Waals surface area contributed by atoms with Gasteiger partial charge in [0.1, 0.15) is 12.1 Å². The average molecular weight is 250 g/mol. The maximum absolute atomic E-state index is 13.1. The number of hydrogen-bond donors (Lipinski definition) is 1. The van der Waals surface area contributed by atoms with Crippen LogP contribution in [0.2, 0.25) is 0 Å². The van der Waals surface area contributed by atoms with Crippen molar-refractivity contribution in [1.29, 1.82) is 0 Å². The van der Waals surface area contributed by atoms with E-state index in [2.05, 4.69) is 10.1 Å². The molecule has 0 aliphatic rings. The number of carbonyl (C=O) groups excluding carboxylic acids is 1. The van der Waals surface area contributed by atoms with Crippen LogP contribution in [0.1, 0.15) is 16.2 Å². The van der Waals surface area contributed by atoms with Crippen LogP contribution in [0.3, 0.4) is 0 Å². The number of aromatic nitrogens is 3. The Hall–Kier alpha value is -2.44. The zero-order valence-corrected chi connectivity index (χ0v) is 9.63. The summed E-state index contributed by atoms with van der Waals surface area (Å²) < 4.78 is 19.5. The molecule has 0 bridgehead atoms. The van der Waals surface area contributed by atoms with E-state index in [-0.39, 0.29) is 17.9 Å². The molecule has 2 rings (SSSR count). The van der Waals surface area contributed by atoms with Gasteiger partial charge in [-0.3, -0.25) is 4.68 Å². The lowest BCUT2D eigenvalue weighted by Gasteiger charge is -2.05. The van der Waals surface area contributed by atoms with Crippen LogP contribution in [0.5, 0.6) is 0 Å². The van der Waals surface area contributed by atoms with E-state index in [1.165, 1.54) is 17.1 Å². The van der Waals surface area contributed by atoms with E-state index in [9.17, 15) is 9.18 Å². The monoisotopic (exact) mass is 250 g/mol. The highest BCUT2D eigenvalue weighted by atomic mass is 19.1. The molecular weight excluding hydrogens is 239 g/mol. The molecule has 2 aromatic rings. The van der Waals surface area contributed by atoms with Gasteiger partial charge in [-0.1, -0.05) is 0 Å². The van der Waals surface area contributed by atoms with Gasteiger partial charge in [0.05, 0.1) is 5.56 Å². The minimum absolute atomic E-state index is 0.0360. The minimum Gasteiger partial charge on any atom is -0.454 e. The highest BCUT2D eigenvalue weighted by molar-refractivity contribution is 5.90. The van der Waals surface area contributed by atoms with Gasteiger partial charge in [-0.15, -0.1) is 0 Å². The number of ether oxygens (including phenoxy) is 1. The number of halogens is 1. The molecule has 18 heavy (non-hydrogen) atoms. The van der Waals surface area contributed by atoms with Crippen molar-refractivity contribution in [1.82, 2.24) is 14.8 Å². The Bertz CT molecular complexity index is 562. The first kappa shape index (κ1) is 12.0. The molecule has 1 aromatic carbocycles. The number of nitrogens with two attached hydrogens (primary N) is 1. The Morgan fingerprint density at radius 2 is 2.28 bits per heavy atom. The smallest absolute Gasteiger partial charge is 0.338 e. The molecule has 0 radical (unpaired) electrons. The van der Waals surface area contributed by atoms with Gasteiger partial charge in [0, 0.05) is 12.7 Å². The van der Waals surface area contributed by atoms with E-state index in [1.54, 1.807) is 7.05 Å². The molecule has 6 nitrogen and oxygen atoms in total. The summed E-state index contributed by atoms with van der Waals surface area (Å²) in [6.07, 6.45) is 1.35. The van der Waals surface area contributed by atoms with Crippen LogP contribution < -0.4 is 5.73 Å². The van der Waals surface area contributed by atoms with Crippen LogP contribution in [0, 0.1) is 5.82 Å². The zero-order chi connectivity index (χ0) is 13.1. The maximum Gasteiger partial charge on any atom is 0.338 e. The van der Waals surface area contributed by atoms with Gasteiger partial charge in [0.2, 0.25) is 0 Å². The van der Waals surface area contributed by atoms with Crippen molar-refractivity contribution >= 4 is 11.7 Å². The normalized spacial score (nSPS) is 10.3. The highest BCUT2D eigenvalue weighted by Crippen LogP contribution is 2.12. The average Bonchev–Trinajstić information content (AvgIpc) is 2.70. The summed E-state index contributed by atoms with van der Waals surface area (Å²) >= 11 is 0. The standard InChI is InChI=1S/C11H11FN4O2/c1-16-10(14-6-15-16)5-18-11(17)7-2-8(12)4-9(13)3-7/h2-4,6H,5,13H2,1H3. The molecule has 2 N–H and O–H groups in total. The molecule has 0 unspecified atom stereocenters. The fourth-order valence-electron chi connectivity index (χ4n) is 1.39. The van der Waals surface area contributed by atoms with Crippen LogP contribution in [-0.4, -0.2) is 20.7 Å². The van der Waals surface area contributed by atoms with Crippen LogP contribution >= 0.6 is 0 Å². The molecule has 1 heterocycles. The van der Waals surface area contributed by atoms with E-state index in [4.69, 9.17) is 10.5 Å². The van der Waals surface area contributed by atoms with Crippen molar-refractivity contribution in [2.75, 3.05) is 5.73 Å². The van der Waals surface area contributed by atoms with Crippen molar-refractivity contribution in [3.8, 4) is 0 Å². The molecule has 0 fully saturated rings. The third-order valence-electron chi connectivity index (χ3n) is 2.29. The summed E-state index contributed by atoms with van der Waals surface area (Å²) in [6.45, 7) is -0.0360. The quantitative estimate of drug-likeness (QED) is 0.646. The Morgan fingerprint density at radius 3 is 2.89 bits per heavy atom. The molecule has 0 saturated carbocycles. The second-order valence-corrected chi connectivity index (χ2v) is 3.65. The topological polar surface area (TPSA) is 83.0 Å². The number of nitrogens with zero attached hydrogens (tertiary/aromatic N) is 3. The number of anilines is 1. The number of aryl methyl sites for hydroxylation is 1. The molecule has 1 aromatic heterocycles. The predicted octanol–water partition coefficient (Wildman–Crippen LogP) is 0.893. The molecule has 0 amide bonds. The van der Waals surface area contributed by atoms with E-state index in [0.717, 1.165) is 12.1 Å². The largest absolute Gasteiger partial charge is 0.454 e. The fourth-order valence-corrected chi connectivity index (χ4v) is 1.39. The third-order valence-corrected chi connectivity index (χ3v) is 2.29. The van der Waals surface area contributed by atoms with Crippen LogP contribution in [0.25, 0.3) is 0 Å². The summed E-state index contributed by atoms with van der Waals surface area (Å²) in [5, 5.41) is 3.83. The van der Waals surface area contributed by atoms with Crippen molar-refractivity contribution in [2.24, 2.45) is 7.05 Å². The fraction of sp³-hybridized carbons (Fsp3) is 0.182. The number of esters is 1. The molecule has 0 saturated heterocycles. The second-order valence-electron chi connectivity index (χ2n) is 3.65. The molecule has 7 heteroatoms. The number of benzene rings is 1. The number of hydrogen-bond acceptors (Lipinski definition) is 5. The number of nitrogen functional groups attached to an aromatic ring is 1. The first-order chi connectivity index (χ1) is 8.56. The minimum atomic E-state index is -0.663. The van der Waals surface area contributed by atoms with E-state index in [0.29, 0.717) is 5.82 Å². The first-order valence-electron chi connectivity index (χ1n) is 5.12. The summed E-state index contributed by atoms with van der Waals surface area (Å²) in [5.74, 6) is -0.752. The van der Waals surface area contributed by atoms with E-state index >= 15 is 0 Å². The van der Waals surface area contributed by atoms with Crippen molar-refractivity contribution in [3.05, 3.63) is 41.7 Å². The molecule has 0 aliphatic carbocycles. The van der Waals surface area contributed by atoms with Gasteiger partial charge in [0.25, 0.3) is 0 Å². The molecule has 0 spiro atoms.